The molecule has 0 radical (unpaired) electrons. The number of fused-ring (bicyclic) bond motifs is 3. The molecule has 2 aromatic carbocycles. The van der Waals surface area contributed by atoms with E-state index < -0.39 is 11.7 Å². The summed E-state index contributed by atoms with van der Waals surface area (Å²) in [6, 6.07) is 13.4. The Balaban J connectivity index is 1.64. The van der Waals surface area contributed by atoms with E-state index in [0.717, 1.165) is 40.6 Å². The molecule has 8 nitrogen and oxygen atoms in total. The minimum Gasteiger partial charge on any atom is -0.492 e. The Bertz CT molecular complexity index is 1240. The van der Waals surface area contributed by atoms with Gasteiger partial charge in [0.05, 0.1) is 17.9 Å². The molecular weight excluding hydrogens is 466 g/mol. The molecule has 0 spiro atoms. The zero-order valence-corrected chi connectivity index (χ0v) is 21.4. The maximum Gasteiger partial charge on any atom is 0.407 e. The Labute approximate surface area is 210 Å². The van der Waals surface area contributed by atoms with Gasteiger partial charge in [-0.15, -0.1) is 10.2 Å². The summed E-state index contributed by atoms with van der Waals surface area (Å²) in [6.07, 6.45) is 0.310. The van der Waals surface area contributed by atoms with Crippen LogP contribution in [0.15, 0.2) is 47.5 Å². The second-order valence-corrected chi connectivity index (χ2v) is 9.74. The number of aromatic nitrogens is 3. The van der Waals surface area contributed by atoms with Crippen LogP contribution in [0.25, 0.3) is 5.69 Å². The highest BCUT2D eigenvalue weighted by molar-refractivity contribution is 6.30. The molecule has 1 amide bonds. The van der Waals surface area contributed by atoms with Gasteiger partial charge in [0.25, 0.3) is 0 Å². The van der Waals surface area contributed by atoms with Gasteiger partial charge in [-0.2, -0.15) is 0 Å². The molecule has 1 N–H and O–H groups in total. The predicted molar refractivity (Wildman–Crippen MR) is 136 cm³/mol. The summed E-state index contributed by atoms with van der Waals surface area (Å²) >= 11 is 6.15. The first-order chi connectivity index (χ1) is 16.7. The Morgan fingerprint density at radius 1 is 1.14 bits per heavy atom. The lowest BCUT2D eigenvalue weighted by Crippen LogP contribution is -2.34. The van der Waals surface area contributed by atoms with E-state index in [2.05, 4.69) is 27.0 Å². The summed E-state index contributed by atoms with van der Waals surface area (Å²) in [5, 5.41) is 12.1. The average Bonchev–Trinajstić information content (AvgIpc) is 3.11. The largest absolute Gasteiger partial charge is 0.492 e. The smallest absolute Gasteiger partial charge is 0.407 e. The average molecular weight is 496 g/mol. The normalized spacial score (nSPS) is 14.9. The molecule has 0 saturated heterocycles. The minimum atomic E-state index is -0.547. The highest BCUT2D eigenvalue weighted by atomic mass is 35.5. The number of aliphatic imine (C=N–C) groups is 1. The van der Waals surface area contributed by atoms with Crippen molar-refractivity contribution in [2.75, 3.05) is 13.2 Å². The molecule has 184 valence electrons. The molecule has 0 saturated carbocycles. The third-order valence-electron chi connectivity index (χ3n) is 5.44. The highest BCUT2D eigenvalue weighted by Gasteiger charge is 2.27. The molecule has 0 fully saturated rings. The Morgan fingerprint density at radius 2 is 1.89 bits per heavy atom. The molecule has 2 heterocycles. The van der Waals surface area contributed by atoms with Crippen LogP contribution < -0.4 is 10.1 Å². The molecule has 9 heteroatoms. The van der Waals surface area contributed by atoms with Crippen LogP contribution in [0.5, 0.6) is 5.75 Å². The van der Waals surface area contributed by atoms with Gasteiger partial charge in [-0.25, -0.2) is 4.79 Å². The fourth-order valence-electron chi connectivity index (χ4n) is 3.91. The van der Waals surface area contributed by atoms with Gasteiger partial charge in [0.2, 0.25) is 0 Å². The van der Waals surface area contributed by atoms with E-state index in [0.29, 0.717) is 23.9 Å². The van der Waals surface area contributed by atoms with Gasteiger partial charge in [-0.05, 0) is 64.4 Å². The second kappa shape index (κ2) is 10.1. The molecule has 0 aliphatic carbocycles. The topological polar surface area (TPSA) is 90.6 Å². The van der Waals surface area contributed by atoms with Crippen molar-refractivity contribution >= 4 is 23.4 Å². The number of nitrogens with zero attached hydrogens (tertiary/aromatic N) is 4. The van der Waals surface area contributed by atoms with Gasteiger partial charge in [-0.1, -0.05) is 30.7 Å². The molecule has 1 aliphatic rings. The van der Waals surface area contributed by atoms with E-state index in [1.165, 1.54) is 0 Å². The first kappa shape index (κ1) is 24.7. The lowest BCUT2D eigenvalue weighted by atomic mass is 10.00. The lowest BCUT2D eigenvalue weighted by molar-refractivity contribution is 0.0520. The fourth-order valence-corrected chi connectivity index (χ4v) is 4.04. The minimum absolute atomic E-state index is 0.142. The van der Waals surface area contributed by atoms with Crippen LogP contribution >= 0.6 is 11.6 Å². The summed E-state index contributed by atoms with van der Waals surface area (Å²) in [4.78, 5) is 17.0. The second-order valence-electron chi connectivity index (χ2n) is 9.31. The maximum atomic E-state index is 11.9. The van der Waals surface area contributed by atoms with E-state index >= 15 is 0 Å². The fraction of sp³-hybridized carbons (Fsp3) is 0.385. The van der Waals surface area contributed by atoms with Crippen LogP contribution in [-0.4, -0.2) is 45.3 Å². The molecular formula is C26H30ClN5O3. The van der Waals surface area contributed by atoms with Crippen LogP contribution in [-0.2, 0) is 4.74 Å². The maximum absolute atomic E-state index is 11.9. The van der Waals surface area contributed by atoms with Crippen molar-refractivity contribution in [3.8, 4) is 11.4 Å². The van der Waals surface area contributed by atoms with Crippen LogP contribution in [0, 0.1) is 6.92 Å². The van der Waals surface area contributed by atoms with Gasteiger partial charge in [0.1, 0.15) is 29.8 Å². The van der Waals surface area contributed by atoms with Crippen LogP contribution in [0.1, 0.15) is 62.9 Å². The third kappa shape index (κ3) is 5.65. The number of halogens is 1. The number of carbonyl (C=O) groups excluding carboxylic acids is 1. The SMILES string of the molecule is CC[C@@H]1N=C(c2ccc(Cl)cc2)c2cc(OCCNC(=O)OC(C)(C)C)ccc2-n2c(C)nnc21. The van der Waals surface area contributed by atoms with Gasteiger partial charge >= 0.3 is 6.09 Å². The number of carbonyl (C=O) groups is 1. The molecule has 4 rings (SSSR count). The summed E-state index contributed by atoms with van der Waals surface area (Å²) in [5.74, 6) is 2.27. The summed E-state index contributed by atoms with van der Waals surface area (Å²) in [5.41, 5.74) is 3.09. The number of amides is 1. The van der Waals surface area contributed by atoms with Gasteiger partial charge < -0.3 is 14.8 Å². The predicted octanol–water partition coefficient (Wildman–Crippen LogP) is 5.43. The molecule has 3 aromatic rings. The quantitative estimate of drug-likeness (QED) is 0.460. The van der Waals surface area contributed by atoms with Crippen LogP contribution in [0.3, 0.4) is 0 Å². The Kier molecular flexibility index (Phi) is 7.12. The van der Waals surface area contributed by atoms with Crippen molar-refractivity contribution in [3.05, 3.63) is 70.3 Å². The van der Waals surface area contributed by atoms with Gasteiger partial charge in [0.15, 0.2) is 5.82 Å². The van der Waals surface area contributed by atoms with Gasteiger partial charge in [-0.3, -0.25) is 9.56 Å². The van der Waals surface area contributed by atoms with Crippen molar-refractivity contribution < 1.29 is 14.3 Å². The number of hydrogen-bond donors (Lipinski definition) is 1. The first-order valence-corrected chi connectivity index (χ1v) is 12.0. The lowest BCUT2D eigenvalue weighted by Gasteiger charge is -2.19. The van der Waals surface area contributed by atoms with E-state index in [-0.39, 0.29) is 6.04 Å². The van der Waals surface area contributed by atoms with Crippen molar-refractivity contribution in [1.82, 2.24) is 20.1 Å². The molecule has 0 unspecified atom stereocenters. The van der Waals surface area contributed by atoms with E-state index in [9.17, 15) is 4.79 Å². The summed E-state index contributed by atoms with van der Waals surface area (Å²) in [7, 11) is 0. The summed E-state index contributed by atoms with van der Waals surface area (Å²) < 4.78 is 13.3. The molecule has 1 aromatic heterocycles. The van der Waals surface area contributed by atoms with E-state index in [1.54, 1.807) is 0 Å². The van der Waals surface area contributed by atoms with Crippen molar-refractivity contribution in [2.24, 2.45) is 4.99 Å². The Morgan fingerprint density at radius 3 is 2.57 bits per heavy atom. The number of nitrogens with one attached hydrogen (secondary N) is 1. The summed E-state index contributed by atoms with van der Waals surface area (Å²) in [6.45, 7) is 10.1. The molecule has 35 heavy (non-hydrogen) atoms. The standard InChI is InChI=1S/C26H30ClN5O3/c1-6-21-24-31-30-16(2)32(24)22-12-11-19(34-14-13-28-25(33)35-26(3,4)5)15-20(22)23(29-21)17-7-9-18(27)10-8-17/h7-12,15,21H,6,13-14H2,1-5H3,(H,28,33)/t21-/m0/s1. The van der Waals surface area contributed by atoms with Crippen molar-refractivity contribution in [1.29, 1.82) is 0 Å². The number of benzene rings is 2. The third-order valence-corrected chi connectivity index (χ3v) is 5.69. The first-order valence-electron chi connectivity index (χ1n) is 11.7. The van der Waals surface area contributed by atoms with E-state index in [4.69, 9.17) is 26.1 Å². The molecule has 1 atom stereocenters. The monoisotopic (exact) mass is 495 g/mol. The number of alkyl carbamates (subject to hydrolysis) is 1. The number of aryl methyl sites for hydroxylation is 1. The van der Waals surface area contributed by atoms with Crippen LogP contribution in [0.4, 0.5) is 4.79 Å². The van der Waals surface area contributed by atoms with Gasteiger partial charge in [0, 0.05) is 16.1 Å². The van der Waals surface area contributed by atoms with E-state index in [1.807, 2.05) is 70.2 Å². The molecule has 1 aliphatic heterocycles. The number of rotatable bonds is 6. The van der Waals surface area contributed by atoms with Crippen molar-refractivity contribution in [2.45, 2.75) is 52.7 Å². The Hall–Kier alpha value is -3.39. The van der Waals surface area contributed by atoms with Crippen LogP contribution in [0.2, 0.25) is 5.02 Å². The number of hydrogen-bond acceptors (Lipinski definition) is 6. The zero-order valence-electron chi connectivity index (χ0n) is 20.6. The number of ether oxygens (including phenoxy) is 2. The highest BCUT2D eigenvalue weighted by Crippen LogP contribution is 2.34. The zero-order chi connectivity index (χ0) is 25.2. The molecule has 0 bridgehead atoms. The van der Waals surface area contributed by atoms with Crippen molar-refractivity contribution in [3.63, 3.8) is 0 Å².